The third-order valence-electron chi connectivity index (χ3n) is 6.65. The Bertz CT molecular complexity index is 1050. The van der Waals surface area contributed by atoms with Crippen molar-refractivity contribution in [2.45, 2.75) is 52.0 Å². The summed E-state index contributed by atoms with van der Waals surface area (Å²) >= 11 is 0. The number of piperidine rings is 1. The van der Waals surface area contributed by atoms with E-state index in [1.165, 1.54) is 0 Å². The summed E-state index contributed by atoms with van der Waals surface area (Å²) < 4.78 is 6.07. The summed E-state index contributed by atoms with van der Waals surface area (Å²) in [5.41, 5.74) is 6.75. The molecule has 1 aromatic heterocycles. The summed E-state index contributed by atoms with van der Waals surface area (Å²) in [4.78, 5) is 29.9. The second kappa shape index (κ2) is 9.28. The number of hydrogen-bond acceptors (Lipinski definition) is 5. The Balaban J connectivity index is 1.54. The first-order chi connectivity index (χ1) is 15.3. The van der Waals surface area contributed by atoms with Crippen molar-refractivity contribution < 1.29 is 14.0 Å². The largest absolute Gasteiger partial charge is 0.455 e. The van der Waals surface area contributed by atoms with E-state index in [9.17, 15) is 9.59 Å². The number of carbonyl (C=O) groups is 2. The van der Waals surface area contributed by atoms with Gasteiger partial charge in [0, 0.05) is 36.2 Å². The topological polar surface area (TPSA) is 78.1 Å². The Labute approximate surface area is 189 Å². The van der Waals surface area contributed by atoms with Gasteiger partial charge in [0.25, 0.3) is 11.8 Å². The van der Waals surface area contributed by atoms with E-state index in [0.717, 1.165) is 73.4 Å². The number of hydrogen-bond donors (Lipinski definition) is 1. The van der Waals surface area contributed by atoms with E-state index >= 15 is 0 Å². The van der Waals surface area contributed by atoms with Crippen molar-refractivity contribution in [3.63, 3.8) is 0 Å². The van der Waals surface area contributed by atoms with Gasteiger partial charge in [-0.2, -0.15) is 5.10 Å². The van der Waals surface area contributed by atoms with Crippen LogP contribution in [0.1, 0.15) is 69.0 Å². The number of furan rings is 1. The number of benzene rings is 1. The summed E-state index contributed by atoms with van der Waals surface area (Å²) in [6.45, 7) is 5.86. The first-order valence-corrected chi connectivity index (χ1v) is 11.4. The molecule has 0 unspecified atom stereocenters. The third kappa shape index (κ3) is 4.48. The molecule has 2 amide bonds. The minimum absolute atomic E-state index is 0.0744. The summed E-state index contributed by atoms with van der Waals surface area (Å²) in [6.07, 6.45) is 4.31. The second-order valence-electron chi connectivity index (χ2n) is 9.03. The summed E-state index contributed by atoms with van der Waals surface area (Å²) in [5.74, 6) is 0.871. The quantitative estimate of drug-likeness (QED) is 0.744. The second-order valence-corrected chi connectivity index (χ2v) is 9.03. The molecule has 0 bridgehead atoms. The molecule has 2 heterocycles. The normalized spacial score (nSPS) is 18.4. The molecule has 0 saturated carbocycles. The van der Waals surface area contributed by atoms with E-state index in [-0.39, 0.29) is 17.9 Å². The SMILES string of the molecule is Cc1cccc(C(=O)N/N=C2\CCCc3oc(C(=O)N(C)C4CCN(C)CC4)c(C)c32)c1. The average molecular weight is 437 g/mol. The van der Waals surface area contributed by atoms with E-state index in [2.05, 4.69) is 22.5 Å². The third-order valence-corrected chi connectivity index (χ3v) is 6.65. The van der Waals surface area contributed by atoms with Crippen molar-refractivity contribution in [3.05, 3.63) is 58.0 Å². The zero-order valence-corrected chi connectivity index (χ0v) is 19.4. The highest BCUT2D eigenvalue weighted by atomic mass is 16.4. The van der Waals surface area contributed by atoms with Crippen LogP contribution < -0.4 is 5.43 Å². The fourth-order valence-electron chi connectivity index (χ4n) is 4.66. The van der Waals surface area contributed by atoms with E-state index in [1.807, 2.05) is 44.0 Å². The van der Waals surface area contributed by atoms with E-state index in [1.54, 1.807) is 6.07 Å². The van der Waals surface area contributed by atoms with Crippen LogP contribution in [0.4, 0.5) is 0 Å². The van der Waals surface area contributed by atoms with Crippen molar-refractivity contribution in [1.82, 2.24) is 15.2 Å². The van der Waals surface area contributed by atoms with Gasteiger partial charge in [-0.25, -0.2) is 5.43 Å². The van der Waals surface area contributed by atoms with Gasteiger partial charge in [-0.05, 0) is 71.8 Å². The number of amides is 2. The van der Waals surface area contributed by atoms with Crippen molar-refractivity contribution >= 4 is 17.5 Å². The molecule has 2 aromatic rings. The van der Waals surface area contributed by atoms with Crippen LogP contribution in [0.25, 0.3) is 0 Å². The van der Waals surface area contributed by atoms with Crippen LogP contribution in [0.2, 0.25) is 0 Å². The van der Waals surface area contributed by atoms with Crippen molar-refractivity contribution in [3.8, 4) is 0 Å². The van der Waals surface area contributed by atoms with Gasteiger partial charge in [-0.15, -0.1) is 0 Å². The van der Waals surface area contributed by atoms with Crippen LogP contribution in [-0.2, 0) is 6.42 Å². The smallest absolute Gasteiger partial charge is 0.289 e. The number of likely N-dealkylation sites (tertiary alicyclic amines) is 1. The van der Waals surface area contributed by atoms with Crippen LogP contribution in [0, 0.1) is 13.8 Å². The first kappa shape index (κ1) is 22.3. The number of nitrogens with one attached hydrogen (secondary N) is 1. The highest BCUT2D eigenvalue weighted by molar-refractivity contribution is 6.07. The highest BCUT2D eigenvalue weighted by Crippen LogP contribution is 2.31. The molecule has 1 aliphatic carbocycles. The average Bonchev–Trinajstić information content (AvgIpc) is 3.14. The molecule has 0 spiro atoms. The lowest BCUT2D eigenvalue weighted by molar-refractivity contribution is 0.0625. The predicted octanol–water partition coefficient (Wildman–Crippen LogP) is 3.53. The van der Waals surface area contributed by atoms with Gasteiger partial charge in [-0.1, -0.05) is 17.7 Å². The number of carbonyl (C=O) groups excluding carboxylic acids is 2. The zero-order chi connectivity index (χ0) is 22.8. The van der Waals surface area contributed by atoms with Gasteiger partial charge < -0.3 is 14.2 Å². The Morgan fingerprint density at radius 3 is 2.66 bits per heavy atom. The lowest BCUT2D eigenvalue weighted by Gasteiger charge is -2.34. The maximum atomic E-state index is 13.3. The van der Waals surface area contributed by atoms with Crippen LogP contribution in [0.5, 0.6) is 0 Å². The van der Waals surface area contributed by atoms with Crippen molar-refractivity contribution in [2.75, 3.05) is 27.2 Å². The highest BCUT2D eigenvalue weighted by Gasteiger charge is 2.32. The molecule has 1 fully saturated rings. The fraction of sp³-hybridized carbons (Fsp3) is 0.480. The molecule has 1 aliphatic heterocycles. The van der Waals surface area contributed by atoms with Gasteiger partial charge >= 0.3 is 0 Å². The molecular formula is C25H32N4O3. The maximum absolute atomic E-state index is 13.3. The summed E-state index contributed by atoms with van der Waals surface area (Å²) in [7, 11) is 3.98. The number of fused-ring (bicyclic) bond motifs is 1. The Hall–Kier alpha value is -2.93. The molecular weight excluding hydrogens is 404 g/mol. The molecule has 7 nitrogen and oxygen atoms in total. The molecule has 1 N–H and O–H groups in total. The molecule has 0 atom stereocenters. The molecule has 2 aliphatic rings. The fourth-order valence-corrected chi connectivity index (χ4v) is 4.66. The van der Waals surface area contributed by atoms with E-state index in [0.29, 0.717) is 11.3 Å². The lowest BCUT2D eigenvalue weighted by atomic mass is 9.93. The van der Waals surface area contributed by atoms with Crippen molar-refractivity contribution in [2.24, 2.45) is 5.10 Å². The summed E-state index contributed by atoms with van der Waals surface area (Å²) in [5, 5.41) is 4.43. The Morgan fingerprint density at radius 1 is 1.19 bits per heavy atom. The van der Waals surface area contributed by atoms with Gasteiger partial charge in [0.05, 0.1) is 5.71 Å². The zero-order valence-electron chi connectivity index (χ0n) is 19.4. The molecule has 4 rings (SSSR count). The molecule has 7 heteroatoms. The van der Waals surface area contributed by atoms with E-state index in [4.69, 9.17) is 4.42 Å². The van der Waals surface area contributed by atoms with Crippen LogP contribution in [0.15, 0.2) is 33.8 Å². The van der Waals surface area contributed by atoms with Gasteiger partial charge in [0.15, 0.2) is 5.76 Å². The Kier molecular flexibility index (Phi) is 6.46. The first-order valence-electron chi connectivity index (χ1n) is 11.4. The molecule has 32 heavy (non-hydrogen) atoms. The van der Waals surface area contributed by atoms with Crippen molar-refractivity contribution in [1.29, 1.82) is 0 Å². The minimum atomic E-state index is -0.243. The molecule has 1 aromatic carbocycles. The lowest BCUT2D eigenvalue weighted by Crippen LogP contribution is -2.44. The van der Waals surface area contributed by atoms with Gasteiger partial charge in [-0.3, -0.25) is 9.59 Å². The number of aryl methyl sites for hydroxylation is 2. The number of hydrazone groups is 1. The molecule has 1 saturated heterocycles. The van der Waals surface area contributed by atoms with Crippen LogP contribution >= 0.6 is 0 Å². The van der Waals surface area contributed by atoms with Gasteiger partial charge in [0.1, 0.15) is 5.76 Å². The monoisotopic (exact) mass is 436 g/mol. The van der Waals surface area contributed by atoms with Crippen LogP contribution in [-0.4, -0.2) is 60.6 Å². The Morgan fingerprint density at radius 2 is 1.94 bits per heavy atom. The predicted molar refractivity (Wildman–Crippen MR) is 124 cm³/mol. The minimum Gasteiger partial charge on any atom is -0.455 e. The summed E-state index contributed by atoms with van der Waals surface area (Å²) in [6, 6.07) is 7.64. The maximum Gasteiger partial charge on any atom is 0.289 e. The van der Waals surface area contributed by atoms with Gasteiger partial charge in [0.2, 0.25) is 0 Å². The standard InChI is InChI=1S/C25H32N4O3/c1-16-7-5-8-18(15-16)24(30)27-26-20-9-6-10-21-22(20)17(2)23(32-21)25(31)29(4)19-11-13-28(3)14-12-19/h5,7-8,15,19H,6,9-14H2,1-4H3,(H,27,30)/b26-20+. The van der Waals surface area contributed by atoms with Crippen LogP contribution in [0.3, 0.4) is 0 Å². The molecule has 170 valence electrons. The molecule has 0 radical (unpaired) electrons. The number of rotatable bonds is 4. The number of nitrogens with zero attached hydrogens (tertiary/aromatic N) is 3. The van der Waals surface area contributed by atoms with E-state index < -0.39 is 0 Å².